The fourth-order valence-electron chi connectivity index (χ4n) is 4.38. The number of imidazole rings is 1. The highest BCUT2D eigenvalue weighted by Crippen LogP contribution is 2.32. The standard InChI is InChI=1S/C22H20F2N8/c23-22(24)32-11-14(7-29-32)18-10-27-21-20(30-18)16(9-26-21)13-3-4-17-19(6-13)31(12-28-17)15-2-1-5-25-8-15/h3-4,6-7,9-12,15,22,25H,1-2,5,8H2,(H,26,27). The minimum atomic E-state index is -2.70. The number of nitrogens with one attached hydrogen (secondary N) is 2. The number of aromatic amines is 1. The van der Waals surface area contributed by atoms with Crippen LogP contribution in [-0.4, -0.2) is 47.4 Å². The Hall–Kier alpha value is -3.66. The number of halogens is 2. The number of piperidine rings is 1. The molecule has 0 bridgehead atoms. The molecule has 162 valence electrons. The molecule has 0 saturated carbocycles. The average molecular weight is 434 g/mol. The quantitative estimate of drug-likeness (QED) is 0.443. The normalized spacial score (nSPS) is 17.0. The van der Waals surface area contributed by atoms with Crippen molar-refractivity contribution in [2.75, 3.05) is 13.1 Å². The lowest BCUT2D eigenvalue weighted by atomic mass is 10.1. The molecular formula is C22H20F2N8. The number of H-pyrrole nitrogens is 1. The summed E-state index contributed by atoms with van der Waals surface area (Å²) in [6.07, 6.45) is 10.3. The summed E-state index contributed by atoms with van der Waals surface area (Å²) in [5.41, 5.74) is 6.20. The van der Waals surface area contributed by atoms with Gasteiger partial charge in [0.1, 0.15) is 5.52 Å². The van der Waals surface area contributed by atoms with Gasteiger partial charge in [0.25, 0.3) is 0 Å². The van der Waals surface area contributed by atoms with Crippen LogP contribution in [-0.2, 0) is 0 Å². The monoisotopic (exact) mass is 434 g/mol. The lowest BCUT2D eigenvalue weighted by Crippen LogP contribution is -2.31. The molecular weight excluding hydrogens is 414 g/mol. The Bertz CT molecular complexity index is 1410. The van der Waals surface area contributed by atoms with Crippen LogP contribution in [0.1, 0.15) is 25.4 Å². The SMILES string of the molecule is FC(F)n1cc(-c2cnc3[nH]cc(-c4ccc5ncn(C6CCCNC6)c5c4)c3n2)cn1. The molecule has 1 aliphatic rings. The smallest absolute Gasteiger partial charge is 0.333 e. The number of aromatic nitrogens is 7. The highest BCUT2D eigenvalue weighted by Gasteiger charge is 2.18. The zero-order valence-electron chi connectivity index (χ0n) is 17.0. The van der Waals surface area contributed by atoms with Crippen LogP contribution in [0.3, 0.4) is 0 Å². The minimum absolute atomic E-state index is 0.379. The molecule has 32 heavy (non-hydrogen) atoms. The lowest BCUT2D eigenvalue weighted by molar-refractivity contribution is 0.0566. The third kappa shape index (κ3) is 3.14. The van der Waals surface area contributed by atoms with Crippen molar-refractivity contribution >= 4 is 22.2 Å². The molecule has 2 N–H and O–H groups in total. The fourth-order valence-corrected chi connectivity index (χ4v) is 4.38. The van der Waals surface area contributed by atoms with Crippen molar-refractivity contribution in [3.63, 3.8) is 0 Å². The molecule has 5 aromatic rings. The number of alkyl halides is 2. The van der Waals surface area contributed by atoms with Gasteiger partial charge in [-0.1, -0.05) is 6.07 Å². The van der Waals surface area contributed by atoms with Gasteiger partial charge in [-0.25, -0.2) is 19.6 Å². The van der Waals surface area contributed by atoms with E-state index in [2.05, 4.69) is 36.0 Å². The first kappa shape index (κ1) is 19.1. The number of nitrogens with zero attached hydrogens (tertiary/aromatic N) is 6. The summed E-state index contributed by atoms with van der Waals surface area (Å²) < 4.78 is 28.7. The van der Waals surface area contributed by atoms with Gasteiger partial charge in [0.15, 0.2) is 5.65 Å². The Morgan fingerprint density at radius 2 is 2.06 bits per heavy atom. The summed E-state index contributed by atoms with van der Waals surface area (Å²) in [5.74, 6) is 0. The van der Waals surface area contributed by atoms with Crippen LogP contribution in [0.25, 0.3) is 44.6 Å². The van der Waals surface area contributed by atoms with Crippen LogP contribution < -0.4 is 5.32 Å². The molecule has 1 fully saturated rings. The first-order valence-corrected chi connectivity index (χ1v) is 10.5. The predicted molar refractivity (Wildman–Crippen MR) is 116 cm³/mol. The molecule has 1 aliphatic heterocycles. The van der Waals surface area contributed by atoms with Gasteiger partial charge in [0.2, 0.25) is 0 Å². The van der Waals surface area contributed by atoms with Gasteiger partial charge in [0.05, 0.1) is 35.4 Å². The van der Waals surface area contributed by atoms with Crippen molar-refractivity contribution in [3.05, 3.63) is 49.3 Å². The van der Waals surface area contributed by atoms with Gasteiger partial charge in [-0.15, -0.1) is 0 Å². The topological polar surface area (TPSA) is 89.2 Å². The number of fused-ring (bicyclic) bond motifs is 2. The first-order valence-electron chi connectivity index (χ1n) is 10.5. The van der Waals surface area contributed by atoms with E-state index in [0.717, 1.165) is 48.1 Å². The Labute approximate surface area is 181 Å². The molecule has 0 spiro atoms. The summed E-state index contributed by atoms with van der Waals surface area (Å²) >= 11 is 0. The van der Waals surface area contributed by atoms with E-state index < -0.39 is 6.55 Å². The predicted octanol–water partition coefficient (Wildman–Crippen LogP) is 4.16. The van der Waals surface area contributed by atoms with Crippen molar-refractivity contribution < 1.29 is 8.78 Å². The van der Waals surface area contributed by atoms with E-state index in [0.29, 0.717) is 33.1 Å². The molecule has 1 aromatic carbocycles. The van der Waals surface area contributed by atoms with Crippen molar-refractivity contribution in [3.8, 4) is 22.4 Å². The van der Waals surface area contributed by atoms with Crippen molar-refractivity contribution in [1.82, 2.24) is 39.6 Å². The molecule has 5 heterocycles. The number of benzene rings is 1. The van der Waals surface area contributed by atoms with E-state index in [1.165, 1.54) is 12.4 Å². The van der Waals surface area contributed by atoms with E-state index in [-0.39, 0.29) is 0 Å². The Kier molecular flexibility index (Phi) is 4.46. The van der Waals surface area contributed by atoms with E-state index in [9.17, 15) is 8.78 Å². The molecule has 0 radical (unpaired) electrons. The Morgan fingerprint density at radius 1 is 1.12 bits per heavy atom. The third-order valence-electron chi connectivity index (χ3n) is 6.03. The number of hydrogen-bond acceptors (Lipinski definition) is 5. The zero-order chi connectivity index (χ0) is 21.7. The number of hydrogen-bond donors (Lipinski definition) is 2. The second-order valence-electron chi connectivity index (χ2n) is 8.00. The molecule has 1 atom stereocenters. The van der Waals surface area contributed by atoms with E-state index >= 15 is 0 Å². The van der Waals surface area contributed by atoms with Crippen LogP contribution in [0, 0.1) is 0 Å². The van der Waals surface area contributed by atoms with Gasteiger partial charge < -0.3 is 14.9 Å². The van der Waals surface area contributed by atoms with Crippen LogP contribution in [0.2, 0.25) is 0 Å². The maximum absolute atomic E-state index is 12.9. The second-order valence-corrected chi connectivity index (χ2v) is 8.00. The molecule has 0 aliphatic carbocycles. The van der Waals surface area contributed by atoms with Crippen LogP contribution >= 0.6 is 0 Å². The highest BCUT2D eigenvalue weighted by molar-refractivity contribution is 5.94. The molecule has 10 heteroatoms. The summed E-state index contributed by atoms with van der Waals surface area (Å²) in [4.78, 5) is 16.9. The molecule has 4 aromatic heterocycles. The molecule has 1 unspecified atom stereocenters. The van der Waals surface area contributed by atoms with Gasteiger partial charge in [0, 0.05) is 36.1 Å². The second kappa shape index (κ2) is 7.49. The van der Waals surface area contributed by atoms with E-state index in [4.69, 9.17) is 4.98 Å². The van der Waals surface area contributed by atoms with Crippen molar-refractivity contribution in [2.45, 2.75) is 25.4 Å². The average Bonchev–Trinajstić information content (AvgIpc) is 3.56. The number of rotatable bonds is 4. The minimum Gasteiger partial charge on any atom is -0.344 e. The summed E-state index contributed by atoms with van der Waals surface area (Å²) in [6, 6.07) is 6.54. The van der Waals surface area contributed by atoms with Crippen molar-refractivity contribution in [2.24, 2.45) is 0 Å². The van der Waals surface area contributed by atoms with Gasteiger partial charge >= 0.3 is 6.55 Å². The van der Waals surface area contributed by atoms with Gasteiger partial charge in [-0.05, 0) is 37.1 Å². The fraction of sp³-hybridized carbons (Fsp3) is 0.273. The maximum Gasteiger partial charge on any atom is 0.333 e. The third-order valence-corrected chi connectivity index (χ3v) is 6.03. The van der Waals surface area contributed by atoms with Crippen LogP contribution in [0.15, 0.2) is 49.3 Å². The summed E-state index contributed by atoms with van der Waals surface area (Å²) in [6.45, 7) is -0.704. The van der Waals surface area contributed by atoms with Gasteiger partial charge in [-0.3, -0.25) is 0 Å². The van der Waals surface area contributed by atoms with Crippen LogP contribution in [0.4, 0.5) is 8.78 Å². The lowest BCUT2D eigenvalue weighted by Gasteiger charge is -2.24. The molecule has 6 rings (SSSR count). The zero-order valence-corrected chi connectivity index (χ0v) is 17.0. The molecule has 8 nitrogen and oxygen atoms in total. The van der Waals surface area contributed by atoms with Crippen LogP contribution in [0.5, 0.6) is 0 Å². The van der Waals surface area contributed by atoms with E-state index in [1.807, 2.05) is 24.7 Å². The highest BCUT2D eigenvalue weighted by atomic mass is 19.3. The summed E-state index contributed by atoms with van der Waals surface area (Å²) in [7, 11) is 0. The Morgan fingerprint density at radius 3 is 2.88 bits per heavy atom. The molecule has 0 amide bonds. The largest absolute Gasteiger partial charge is 0.344 e. The Balaban J connectivity index is 1.43. The first-order chi connectivity index (χ1) is 15.7. The van der Waals surface area contributed by atoms with E-state index in [1.54, 1.807) is 6.20 Å². The summed E-state index contributed by atoms with van der Waals surface area (Å²) in [5, 5.41) is 7.16. The molecule has 1 saturated heterocycles. The van der Waals surface area contributed by atoms with Gasteiger partial charge in [-0.2, -0.15) is 13.9 Å². The van der Waals surface area contributed by atoms with Crippen molar-refractivity contribution in [1.29, 1.82) is 0 Å². The maximum atomic E-state index is 12.9.